The first-order chi connectivity index (χ1) is 8.33. The van der Waals surface area contributed by atoms with E-state index < -0.39 is 0 Å². The van der Waals surface area contributed by atoms with Crippen LogP contribution in [0.3, 0.4) is 0 Å². The van der Waals surface area contributed by atoms with Crippen LogP contribution in [0, 0.1) is 17.7 Å². The van der Waals surface area contributed by atoms with Gasteiger partial charge < -0.3 is 10.5 Å². The Hall–Kier alpha value is -1.22. The van der Waals surface area contributed by atoms with Gasteiger partial charge in [0, 0.05) is 5.41 Å². The van der Waals surface area contributed by atoms with Crippen LogP contribution in [0.25, 0.3) is 0 Å². The van der Waals surface area contributed by atoms with Gasteiger partial charge in [-0.05, 0) is 37.5 Å². The van der Waals surface area contributed by atoms with E-state index in [0.717, 1.165) is 18.4 Å². The first-order valence-electron chi connectivity index (χ1n) is 6.06. The molecular formula is C14H21ClN2O. The molecule has 0 amide bonds. The average molecular weight is 269 g/mol. The minimum absolute atomic E-state index is 0.218. The summed E-state index contributed by atoms with van der Waals surface area (Å²) in [5.74, 6) is 0.929. The molecule has 0 spiro atoms. The summed E-state index contributed by atoms with van der Waals surface area (Å²) in [7, 11) is 0. The Labute approximate surface area is 114 Å². The number of nitrogens with two attached hydrogens (primary N) is 1. The standard InChI is InChI=1S/C14H21ClN2O/c1-10-5-6-12(11(15)9-10)18-8-4-7-14(2,3)13(16)17/h5-6,9H,4,7-8H2,1-3H3,(H3,16,17). The van der Waals surface area contributed by atoms with Crippen molar-refractivity contribution in [1.82, 2.24) is 0 Å². The van der Waals surface area contributed by atoms with Crippen LogP contribution in [-0.2, 0) is 0 Å². The molecule has 18 heavy (non-hydrogen) atoms. The molecule has 0 atom stereocenters. The quantitative estimate of drug-likeness (QED) is 0.469. The van der Waals surface area contributed by atoms with Crippen molar-refractivity contribution in [3.8, 4) is 5.75 Å². The third-order valence-corrected chi connectivity index (χ3v) is 3.32. The molecule has 1 aromatic rings. The van der Waals surface area contributed by atoms with E-state index in [2.05, 4.69) is 0 Å². The summed E-state index contributed by atoms with van der Waals surface area (Å²) in [5, 5.41) is 8.11. The van der Waals surface area contributed by atoms with Crippen molar-refractivity contribution < 1.29 is 4.74 Å². The predicted molar refractivity (Wildman–Crippen MR) is 76.6 cm³/mol. The molecule has 1 aromatic carbocycles. The molecule has 3 nitrogen and oxygen atoms in total. The van der Waals surface area contributed by atoms with E-state index >= 15 is 0 Å². The molecule has 0 unspecified atom stereocenters. The second kappa shape index (κ2) is 6.10. The summed E-state index contributed by atoms with van der Waals surface area (Å²) in [6.07, 6.45) is 1.67. The smallest absolute Gasteiger partial charge is 0.137 e. The Balaban J connectivity index is 2.41. The van der Waals surface area contributed by atoms with Gasteiger partial charge in [0.25, 0.3) is 0 Å². The molecule has 0 aliphatic heterocycles. The van der Waals surface area contributed by atoms with Gasteiger partial charge in [-0.1, -0.05) is 31.5 Å². The number of halogens is 1. The molecule has 100 valence electrons. The molecule has 3 N–H and O–H groups in total. The Kier molecular flexibility index (Phi) is 5.03. The maximum Gasteiger partial charge on any atom is 0.137 e. The second-order valence-corrected chi connectivity index (χ2v) is 5.59. The average Bonchev–Trinajstić information content (AvgIpc) is 2.26. The molecule has 0 saturated carbocycles. The second-order valence-electron chi connectivity index (χ2n) is 5.18. The molecule has 0 heterocycles. The molecule has 0 aliphatic rings. The summed E-state index contributed by atoms with van der Waals surface area (Å²) >= 11 is 6.07. The number of nitrogens with one attached hydrogen (secondary N) is 1. The van der Waals surface area contributed by atoms with E-state index in [0.29, 0.717) is 17.4 Å². The number of ether oxygens (including phenoxy) is 1. The van der Waals surface area contributed by atoms with Crippen LogP contribution in [0.1, 0.15) is 32.3 Å². The van der Waals surface area contributed by atoms with Gasteiger partial charge in [-0.25, -0.2) is 0 Å². The van der Waals surface area contributed by atoms with Crippen LogP contribution in [-0.4, -0.2) is 12.4 Å². The molecule has 0 fully saturated rings. The van der Waals surface area contributed by atoms with Crippen LogP contribution in [0.4, 0.5) is 0 Å². The van der Waals surface area contributed by atoms with Crippen molar-refractivity contribution in [1.29, 1.82) is 5.41 Å². The molecule has 0 saturated heterocycles. The lowest BCUT2D eigenvalue weighted by Crippen LogP contribution is -2.31. The molecule has 1 rings (SSSR count). The van der Waals surface area contributed by atoms with E-state index in [1.54, 1.807) is 0 Å². The number of benzene rings is 1. The zero-order valence-electron chi connectivity index (χ0n) is 11.2. The number of aryl methyl sites for hydroxylation is 1. The van der Waals surface area contributed by atoms with E-state index in [-0.39, 0.29) is 11.3 Å². The first kappa shape index (κ1) is 14.8. The fourth-order valence-electron chi connectivity index (χ4n) is 1.55. The van der Waals surface area contributed by atoms with Gasteiger partial charge in [0.15, 0.2) is 0 Å². The van der Waals surface area contributed by atoms with Gasteiger partial charge in [0.1, 0.15) is 5.75 Å². The molecule has 0 aliphatic carbocycles. The monoisotopic (exact) mass is 268 g/mol. The van der Waals surface area contributed by atoms with E-state index in [4.69, 9.17) is 27.5 Å². The first-order valence-corrected chi connectivity index (χ1v) is 6.44. The van der Waals surface area contributed by atoms with Crippen LogP contribution in [0.5, 0.6) is 5.75 Å². The highest BCUT2D eigenvalue weighted by Gasteiger charge is 2.20. The topological polar surface area (TPSA) is 59.1 Å². The van der Waals surface area contributed by atoms with Crippen LogP contribution >= 0.6 is 11.6 Å². The molecule has 0 aromatic heterocycles. The van der Waals surface area contributed by atoms with Crippen molar-refractivity contribution in [2.45, 2.75) is 33.6 Å². The number of rotatable bonds is 6. The Morgan fingerprint density at radius 2 is 2.11 bits per heavy atom. The van der Waals surface area contributed by atoms with E-state index in [1.165, 1.54) is 0 Å². The fraction of sp³-hybridized carbons (Fsp3) is 0.500. The third kappa shape index (κ3) is 4.22. The van der Waals surface area contributed by atoms with Crippen molar-refractivity contribution in [2.24, 2.45) is 11.1 Å². The lowest BCUT2D eigenvalue weighted by molar-refractivity contribution is 0.287. The van der Waals surface area contributed by atoms with E-state index in [1.807, 2.05) is 39.0 Å². The minimum atomic E-state index is -0.263. The number of amidine groups is 1. The zero-order valence-corrected chi connectivity index (χ0v) is 12.0. The van der Waals surface area contributed by atoms with Crippen molar-refractivity contribution in [3.05, 3.63) is 28.8 Å². The molecule has 0 radical (unpaired) electrons. The predicted octanol–water partition coefficient (Wildman–Crippen LogP) is 3.77. The van der Waals surface area contributed by atoms with Crippen molar-refractivity contribution in [2.75, 3.05) is 6.61 Å². The Morgan fingerprint density at radius 3 is 2.67 bits per heavy atom. The van der Waals surface area contributed by atoms with Crippen LogP contribution < -0.4 is 10.5 Å². The Bertz CT molecular complexity index is 430. The molecule has 4 heteroatoms. The summed E-state index contributed by atoms with van der Waals surface area (Å²) in [6, 6.07) is 5.74. The number of hydrogen-bond donors (Lipinski definition) is 2. The maximum absolute atomic E-state index is 7.47. The van der Waals surface area contributed by atoms with Gasteiger partial charge in [0.05, 0.1) is 17.5 Å². The zero-order chi connectivity index (χ0) is 13.8. The number of hydrogen-bond acceptors (Lipinski definition) is 2. The van der Waals surface area contributed by atoms with Crippen LogP contribution in [0.15, 0.2) is 18.2 Å². The fourth-order valence-corrected chi connectivity index (χ4v) is 1.84. The SMILES string of the molecule is Cc1ccc(OCCCC(C)(C)C(=N)N)c(Cl)c1. The summed E-state index contributed by atoms with van der Waals surface area (Å²) < 4.78 is 5.62. The molecule has 0 bridgehead atoms. The van der Waals surface area contributed by atoms with Crippen molar-refractivity contribution >= 4 is 17.4 Å². The summed E-state index contributed by atoms with van der Waals surface area (Å²) in [5.41, 5.74) is 6.38. The highest BCUT2D eigenvalue weighted by Crippen LogP contribution is 2.26. The highest BCUT2D eigenvalue weighted by atomic mass is 35.5. The van der Waals surface area contributed by atoms with Gasteiger partial charge in [-0.3, -0.25) is 5.41 Å². The lowest BCUT2D eigenvalue weighted by Gasteiger charge is -2.22. The lowest BCUT2D eigenvalue weighted by atomic mass is 9.87. The third-order valence-electron chi connectivity index (χ3n) is 3.02. The summed E-state index contributed by atoms with van der Waals surface area (Å²) in [6.45, 7) is 6.51. The summed E-state index contributed by atoms with van der Waals surface area (Å²) in [4.78, 5) is 0. The van der Waals surface area contributed by atoms with Crippen LogP contribution in [0.2, 0.25) is 5.02 Å². The maximum atomic E-state index is 7.47. The van der Waals surface area contributed by atoms with Gasteiger partial charge >= 0.3 is 0 Å². The van der Waals surface area contributed by atoms with Gasteiger partial charge in [-0.2, -0.15) is 0 Å². The highest BCUT2D eigenvalue weighted by molar-refractivity contribution is 6.32. The van der Waals surface area contributed by atoms with Crippen molar-refractivity contribution in [3.63, 3.8) is 0 Å². The molecular weight excluding hydrogens is 248 g/mol. The van der Waals surface area contributed by atoms with E-state index in [9.17, 15) is 0 Å². The van der Waals surface area contributed by atoms with Gasteiger partial charge in [0.2, 0.25) is 0 Å². The largest absolute Gasteiger partial charge is 0.492 e. The van der Waals surface area contributed by atoms with Gasteiger partial charge in [-0.15, -0.1) is 0 Å². The minimum Gasteiger partial charge on any atom is -0.492 e. The normalized spacial score (nSPS) is 11.3. The Morgan fingerprint density at radius 1 is 1.44 bits per heavy atom.